The highest BCUT2D eigenvalue weighted by molar-refractivity contribution is 5.96. The van der Waals surface area contributed by atoms with Gasteiger partial charge in [-0.25, -0.2) is 4.79 Å². The SMILES string of the molecule is C[C@@H](C(=O)NC(N)=O)N1CCN(CC(=O)NC2CC2)CC1. The van der Waals surface area contributed by atoms with E-state index in [0.29, 0.717) is 25.7 Å². The highest BCUT2D eigenvalue weighted by Crippen LogP contribution is 2.18. The molecule has 2 aliphatic rings. The van der Waals surface area contributed by atoms with Crippen molar-refractivity contribution >= 4 is 17.8 Å². The molecule has 2 rings (SSSR count). The van der Waals surface area contributed by atoms with Gasteiger partial charge in [0.25, 0.3) is 0 Å². The van der Waals surface area contributed by atoms with Crippen molar-refractivity contribution < 1.29 is 14.4 Å². The van der Waals surface area contributed by atoms with Crippen LogP contribution in [-0.2, 0) is 9.59 Å². The summed E-state index contributed by atoms with van der Waals surface area (Å²) in [5.41, 5.74) is 4.94. The van der Waals surface area contributed by atoms with E-state index in [4.69, 9.17) is 5.73 Å². The van der Waals surface area contributed by atoms with E-state index >= 15 is 0 Å². The lowest BCUT2D eigenvalue weighted by Gasteiger charge is -2.36. The number of urea groups is 1. The molecule has 0 spiro atoms. The van der Waals surface area contributed by atoms with E-state index in [1.54, 1.807) is 6.92 Å². The van der Waals surface area contributed by atoms with Gasteiger partial charge in [0.2, 0.25) is 11.8 Å². The zero-order valence-corrected chi connectivity index (χ0v) is 12.3. The second-order valence-corrected chi connectivity index (χ2v) is 5.68. The largest absolute Gasteiger partial charge is 0.352 e. The summed E-state index contributed by atoms with van der Waals surface area (Å²) in [4.78, 5) is 38.2. The molecule has 2 fully saturated rings. The van der Waals surface area contributed by atoms with Gasteiger partial charge in [0.15, 0.2) is 0 Å². The predicted molar refractivity (Wildman–Crippen MR) is 76.4 cm³/mol. The maximum Gasteiger partial charge on any atom is 0.318 e. The minimum Gasteiger partial charge on any atom is -0.352 e. The summed E-state index contributed by atoms with van der Waals surface area (Å²) in [5.74, 6) is -0.312. The van der Waals surface area contributed by atoms with E-state index in [2.05, 4.69) is 15.5 Å². The third kappa shape index (κ3) is 4.98. The van der Waals surface area contributed by atoms with Gasteiger partial charge in [-0.2, -0.15) is 0 Å². The Labute approximate surface area is 124 Å². The van der Waals surface area contributed by atoms with Crippen LogP contribution in [0.1, 0.15) is 19.8 Å². The van der Waals surface area contributed by atoms with Crippen molar-refractivity contribution in [1.29, 1.82) is 0 Å². The molecule has 118 valence electrons. The van der Waals surface area contributed by atoms with Gasteiger partial charge in [-0.1, -0.05) is 0 Å². The number of imide groups is 1. The van der Waals surface area contributed by atoms with Crippen LogP contribution in [0.2, 0.25) is 0 Å². The molecule has 1 heterocycles. The van der Waals surface area contributed by atoms with Crippen LogP contribution in [0.15, 0.2) is 0 Å². The summed E-state index contributed by atoms with van der Waals surface area (Å²) in [6, 6.07) is -0.849. The molecule has 1 aliphatic heterocycles. The molecule has 8 nitrogen and oxygen atoms in total. The molecule has 1 atom stereocenters. The molecular weight excluding hydrogens is 274 g/mol. The van der Waals surface area contributed by atoms with Crippen LogP contribution in [0, 0.1) is 0 Å². The molecule has 1 aliphatic carbocycles. The molecule has 0 unspecified atom stereocenters. The van der Waals surface area contributed by atoms with Crippen LogP contribution < -0.4 is 16.4 Å². The molecule has 0 aromatic rings. The number of primary amides is 1. The molecule has 1 saturated carbocycles. The number of piperazine rings is 1. The van der Waals surface area contributed by atoms with E-state index in [1.165, 1.54) is 0 Å². The van der Waals surface area contributed by atoms with Crippen molar-refractivity contribution in [3.63, 3.8) is 0 Å². The highest BCUT2D eigenvalue weighted by atomic mass is 16.2. The monoisotopic (exact) mass is 297 g/mol. The van der Waals surface area contributed by atoms with Crippen molar-refractivity contribution in [3.8, 4) is 0 Å². The normalized spacial score (nSPS) is 21.6. The Balaban J connectivity index is 1.70. The minimum atomic E-state index is -0.831. The first-order valence-corrected chi connectivity index (χ1v) is 7.32. The second kappa shape index (κ2) is 6.86. The van der Waals surface area contributed by atoms with Gasteiger partial charge >= 0.3 is 6.03 Å². The van der Waals surface area contributed by atoms with Crippen LogP contribution in [-0.4, -0.2) is 72.5 Å². The maximum atomic E-state index is 11.7. The number of hydrogen-bond donors (Lipinski definition) is 3. The highest BCUT2D eigenvalue weighted by Gasteiger charge is 2.28. The molecule has 0 bridgehead atoms. The third-order valence-corrected chi connectivity index (χ3v) is 3.89. The quantitative estimate of drug-likeness (QED) is 0.570. The van der Waals surface area contributed by atoms with Crippen LogP contribution in [0.3, 0.4) is 0 Å². The van der Waals surface area contributed by atoms with Gasteiger partial charge in [0.05, 0.1) is 12.6 Å². The summed E-state index contributed by atoms with van der Waals surface area (Å²) in [6.07, 6.45) is 2.18. The second-order valence-electron chi connectivity index (χ2n) is 5.68. The predicted octanol–water partition coefficient (Wildman–Crippen LogP) is -1.53. The van der Waals surface area contributed by atoms with E-state index in [-0.39, 0.29) is 11.8 Å². The number of carbonyl (C=O) groups excluding carboxylic acids is 3. The summed E-state index contributed by atoms with van der Waals surface area (Å²) >= 11 is 0. The Bertz CT molecular complexity index is 416. The lowest BCUT2D eigenvalue weighted by atomic mass is 10.2. The van der Waals surface area contributed by atoms with Gasteiger partial charge in [-0.3, -0.25) is 24.7 Å². The van der Waals surface area contributed by atoms with Crippen molar-refractivity contribution in [3.05, 3.63) is 0 Å². The summed E-state index contributed by atoms with van der Waals surface area (Å²) in [7, 11) is 0. The van der Waals surface area contributed by atoms with E-state index in [1.807, 2.05) is 4.90 Å². The number of hydrogen-bond acceptors (Lipinski definition) is 5. The smallest absolute Gasteiger partial charge is 0.318 e. The van der Waals surface area contributed by atoms with Crippen LogP contribution >= 0.6 is 0 Å². The number of nitrogens with one attached hydrogen (secondary N) is 2. The number of amides is 4. The molecule has 1 saturated heterocycles. The first kappa shape index (κ1) is 15.7. The van der Waals surface area contributed by atoms with Crippen LogP contribution in [0.25, 0.3) is 0 Å². The maximum absolute atomic E-state index is 11.7. The zero-order valence-electron chi connectivity index (χ0n) is 12.3. The summed E-state index contributed by atoms with van der Waals surface area (Å²) in [5, 5.41) is 5.06. The molecule has 0 aromatic heterocycles. The van der Waals surface area contributed by atoms with Gasteiger partial charge in [-0.05, 0) is 19.8 Å². The van der Waals surface area contributed by atoms with Crippen molar-refractivity contribution in [2.75, 3.05) is 32.7 Å². The topological polar surface area (TPSA) is 108 Å². The van der Waals surface area contributed by atoms with E-state index in [9.17, 15) is 14.4 Å². The van der Waals surface area contributed by atoms with Gasteiger partial charge < -0.3 is 11.1 Å². The van der Waals surface area contributed by atoms with Gasteiger partial charge in [-0.15, -0.1) is 0 Å². The molecule has 0 aromatic carbocycles. The Morgan fingerprint density at radius 3 is 2.33 bits per heavy atom. The standard InChI is InChI=1S/C13H23N5O3/c1-9(12(20)16-13(14)21)18-6-4-17(5-7-18)8-11(19)15-10-2-3-10/h9-10H,2-8H2,1H3,(H,15,19)(H3,14,16,20,21)/t9-/m0/s1. The molecule has 4 amide bonds. The zero-order chi connectivity index (χ0) is 15.4. The number of rotatable bonds is 5. The summed E-state index contributed by atoms with van der Waals surface area (Å²) in [6.45, 7) is 4.98. The fraction of sp³-hybridized carbons (Fsp3) is 0.769. The average molecular weight is 297 g/mol. The number of carbonyl (C=O) groups is 3. The fourth-order valence-corrected chi connectivity index (χ4v) is 2.40. The molecule has 8 heteroatoms. The van der Waals surface area contributed by atoms with Crippen LogP contribution in [0.5, 0.6) is 0 Å². The number of nitrogens with two attached hydrogens (primary N) is 1. The Morgan fingerprint density at radius 2 is 1.81 bits per heavy atom. The fourth-order valence-electron chi connectivity index (χ4n) is 2.40. The summed E-state index contributed by atoms with van der Waals surface area (Å²) < 4.78 is 0. The Hall–Kier alpha value is -1.67. The van der Waals surface area contributed by atoms with Crippen molar-refractivity contribution in [1.82, 2.24) is 20.4 Å². The molecular formula is C13H23N5O3. The first-order valence-electron chi connectivity index (χ1n) is 7.32. The molecule has 0 radical (unpaired) electrons. The number of nitrogens with zero attached hydrogens (tertiary/aromatic N) is 2. The first-order chi connectivity index (χ1) is 9.95. The third-order valence-electron chi connectivity index (χ3n) is 3.89. The van der Waals surface area contributed by atoms with Crippen molar-refractivity contribution in [2.24, 2.45) is 5.73 Å². The van der Waals surface area contributed by atoms with Crippen LogP contribution in [0.4, 0.5) is 4.79 Å². The lowest BCUT2D eigenvalue weighted by Crippen LogP contribution is -2.56. The van der Waals surface area contributed by atoms with E-state index < -0.39 is 12.1 Å². The van der Waals surface area contributed by atoms with Gasteiger partial charge in [0.1, 0.15) is 0 Å². The Morgan fingerprint density at radius 1 is 1.19 bits per heavy atom. The Kier molecular flexibility index (Phi) is 5.13. The van der Waals surface area contributed by atoms with Crippen molar-refractivity contribution in [2.45, 2.75) is 31.8 Å². The minimum absolute atomic E-state index is 0.0745. The molecule has 4 N–H and O–H groups in total. The lowest BCUT2D eigenvalue weighted by molar-refractivity contribution is -0.127. The van der Waals surface area contributed by atoms with E-state index in [0.717, 1.165) is 25.9 Å². The molecule has 21 heavy (non-hydrogen) atoms. The average Bonchev–Trinajstić information content (AvgIpc) is 3.21. The van der Waals surface area contributed by atoms with Gasteiger partial charge in [0, 0.05) is 32.2 Å².